The molecule has 0 bridgehead atoms. The van der Waals surface area contributed by atoms with E-state index in [4.69, 9.17) is 11.5 Å². The number of hydrogen-bond donors (Lipinski definition) is 2. The zero-order valence-electron chi connectivity index (χ0n) is 7.83. The van der Waals surface area contributed by atoms with E-state index in [1.54, 1.807) is 6.07 Å². The summed E-state index contributed by atoms with van der Waals surface area (Å²) in [6.45, 7) is 2.22. The Morgan fingerprint density at radius 3 is 2.57 bits per heavy atom. The second-order valence-corrected chi connectivity index (χ2v) is 2.81. The fourth-order valence-corrected chi connectivity index (χ4v) is 1.01. The number of hydrogen-bond acceptors (Lipinski definition) is 1. The molecular formula is C9H13ClFN3. The van der Waals surface area contributed by atoms with Crippen molar-refractivity contribution in [3.63, 3.8) is 0 Å². The van der Waals surface area contributed by atoms with Gasteiger partial charge in [0, 0.05) is 0 Å². The van der Waals surface area contributed by atoms with E-state index in [0.29, 0.717) is 6.54 Å². The maximum Gasteiger partial charge on any atom is 0.186 e. The SMILES string of the molecule is Cc1cc(F)ccc1CN=C(N)N.Cl. The molecule has 78 valence electrons. The average molecular weight is 218 g/mol. The lowest BCUT2D eigenvalue weighted by Gasteiger charge is -2.02. The largest absolute Gasteiger partial charge is 0.370 e. The number of aryl methyl sites for hydroxylation is 1. The van der Waals surface area contributed by atoms with E-state index in [9.17, 15) is 4.39 Å². The van der Waals surface area contributed by atoms with Gasteiger partial charge in [0.2, 0.25) is 0 Å². The summed E-state index contributed by atoms with van der Waals surface area (Å²) in [5, 5.41) is 0. The van der Waals surface area contributed by atoms with E-state index in [2.05, 4.69) is 4.99 Å². The molecule has 0 aliphatic heterocycles. The standard InChI is InChI=1S/C9H12FN3.ClH/c1-6-4-8(10)3-2-7(6)5-13-9(11)12;/h2-4H,5H2,1H3,(H4,11,12,13);1H. The smallest absolute Gasteiger partial charge is 0.186 e. The molecule has 0 fully saturated rings. The molecule has 4 N–H and O–H groups in total. The summed E-state index contributed by atoms with van der Waals surface area (Å²) in [7, 11) is 0. The van der Waals surface area contributed by atoms with Crippen LogP contribution < -0.4 is 11.5 Å². The van der Waals surface area contributed by atoms with Crippen molar-refractivity contribution in [3.8, 4) is 0 Å². The number of aliphatic imine (C=N–C) groups is 1. The van der Waals surface area contributed by atoms with Crippen LogP contribution in [0.2, 0.25) is 0 Å². The Morgan fingerprint density at radius 1 is 1.43 bits per heavy atom. The lowest BCUT2D eigenvalue weighted by atomic mass is 10.1. The van der Waals surface area contributed by atoms with Gasteiger partial charge in [-0.3, -0.25) is 0 Å². The third-order valence-corrected chi connectivity index (χ3v) is 1.74. The maximum absolute atomic E-state index is 12.7. The lowest BCUT2D eigenvalue weighted by Crippen LogP contribution is -2.22. The van der Waals surface area contributed by atoms with Crippen molar-refractivity contribution in [1.29, 1.82) is 0 Å². The quantitative estimate of drug-likeness (QED) is 0.580. The first-order valence-electron chi connectivity index (χ1n) is 3.90. The molecule has 0 amide bonds. The van der Waals surface area contributed by atoms with Crippen LogP contribution in [-0.4, -0.2) is 5.96 Å². The average Bonchev–Trinajstić information content (AvgIpc) is 2.02. The molecule has 0 atom stereocenters. The topological polar surface area (TPSA) is 64.4 Å². The van der Waals surface area contributed by atoms with E-state index in [1.807, 2.05) is 6.92 Å². The Morgan fingerprint density at radius 2 is 2.07 bits per heavy atom. The van der Waals surface area contributed by atoms with E-state index >= 15 is 0 Å². The molecule has 1 aromatic rings. The Bertz CT molecular complexity index is 335. The van der Waals surface area contributed by atoms with Crippen molar-refractivity contribution in [2.45, 2.75) is 13.5 Å². The van der Waals surface area contributed by atoms with Crippen LogP contribution in [0.15, 0.2) is 23.2 Å². The number of guanidine groups is 1. The molecule has 3 nitrogen and oxygen atoms in total. The van der Waals surface area contributed by atoms with Crippen molar-refractivity contribution in [1.82, 2.24) is 0 Å². The van der Waals surface area contributed by atoms with Crippen LogP contribution in [0.3, 0.4) is 0 Å². The normalized spacial score (nSPS) is 9.00. The molecule has 14 heavy (non-hydrogen) atoms. The van der Waals surface area contributed by atoms with Crippen molar-refractivity contribution in [3.05, 3.63) is 35.1 Å². The van der Waals surface area contributed by atoms with Gasteiger partial charge in [0.1, 0.15) is 5.82 Å². The molecule has 0 saturated heterocycles. The third kappa shape index (κ3) is 3.62. The summed E-state index contributed by atoms with van der Waals surface area (Å²) in [6.07, 6.45) is 0. The molecule has 0 saturated carbocycles. The van der Waals surface area contributed by atoms with Crippen molar-refractivity contribution in [2.24, 2.45) is 16.5 Å². The molecule has 0 aromatic heterocycles. The summed E-state index contributed by atoms with van der Waals surface area (Å²) in [5.41, 5.74) is 12.1. The minimum absolute atomic E-state index is 0. The Hall–Kier alpha value is -1.29. The molecular weight excluding hydrogens is 205 g/mol. The third-order valence-electron chi connectivity index (χ3n) is 1.74. The highest BCUT2D eigenvalue weighted by molar-refractivity contribution is 5.85. The van der Waals surface area contributed by atoms with Gasteiger partial charge in [-0.15, -0.1) is 12.4 Å². The second-order valence-electron chi connectivity index (χ2n) is 2.81. The van der Waals surface area contributed by atoms with Gasteiger partial charge in [0.05, 0.1) is 6.54 Å². The number of rotatable bonds is 2. The van der Waals surface area contributed by atoms with Gasteiger partial charge in [-0.2, -0.15) is 0 Å². The van der Waals surface area contributed by atoms with Gasteiger partial charge < -0.3 is 11.5 Å². The van der Waals surface area contributed by atoms with Crippen LogP contribution in [0.4, 0.5) is 4.39 Å². The van der Waals surface area contributed by atoms with Gasteiger partial charge in [-0.05, 0) is 30.2 Å². The highest BCUT2D eigenvalue weighted by Crippen LogP contribution is 2.10. The summed E-state index contributed by atoms with van der Waals surface area (Å²) in [6, 6.07) is 4.53. The lowest BCUT2D eigenvalue weighted by molar-refractivity contribution is 0.625. The van der Waals surface area contributed by atoms with Gasteiger partial charge in [-0.1, -0.05) is 6.07 Å². The summed E-state index contributed by atoms with van der Waals surface area (Å²) >= 11 is 0. The fraction of sp³-hybridized carbons (Fsp3) is 0.222. The number of benzene rings is 1. The molecule has 0 heterocycles. The van der Waals surface area contributed by atoms with Crippen LogP contribution in [-0.2, 0) is 6.54 Å². The summed E-state index contributed by atoms with van der Waals surface area (Å²) in [5.74, 6) is -0.199. The van der Waals surface area contributed by atoms with Crippen LogP contribution >= 0.6 is 12.4 Å². The Labute approximate surface area is 88.4 Å². The van der Waals surface area contributed by atoms with Crippen molar-refractivity contribution < 1.29 is 4.39 Å². The molecule has 0 radical (unpaired) electrons. The van der Waals surface area contributed by atoms with Crippen molar-refractivity contribution in [2.75, 3.05) is 0 Å². The van der Waals surface area contributed by atoms with E-state index in [0.717, 1.165) is 11.1 Å². The first kappa shape index (κ1) is 12.7. The van der Waals surface area contributed by atoms with E-state index in [-0.39, 0.29) is 24.2 Å². The number of nitrogens with two attached hydrogens (primary N) is 2. The number of nitrogens with zero attached hydrogens (tertiary/aromatic N) is 1. The first-order valence-corrected chi connectivity index (χ1v) is 3.90. The highest BCUT2D eigenvalue weighted by Gasteiger charge is 1.98. The summed E-state index contributed by atoms with van der Waals surface area (Å²) < 4.78 is 12.7. The molecule has 0 spiro atoms. The Balaban J connectivity index is 0.00000169. The minimum atomic E-state index is -0.244. The fourth-order valence-electron chi connectivity index (χ4n) is 1.01. The zero-order valence-corrected chi connectivity index (χ0v) is 8.64. The first-order chi connectivity index (χ1) is 6.09. The van der Waals surface area contributed by atoms with E-state index in [1.165, 1.54) is 12.1 Å². The van der Waals surface area contributed by atoms with Gasteiger partial charge in [-0.25, -0.2) is 9.38 Å². The van der Waals surface area contributed by atoms with Crippen LogP contribution in [0.1, 0.15) is 11.1 Å². The predicted molar refractivity (Wildman–Crippen MR) is 57.9 cm³/mol. The highest BCUT2D eigenvalue weighted by atomic mass is 35.5. The monoisotopic (exact) mass is 217 g/mol. The molecule has 0 aliphatic carbocycles. The molecule has 0 aliphatic rings. The van der Waals surface area contributed by atoms with Crippen molar-refractivity contribution >= 4 is 18.4 Å². The molecule has 1 aromatic carbocycles. The minimum Gasteiger partial charge on any atom is -0.370 e. The van der Waals surface area contributed by atoms with E-state index < -0.39 is 0 Å². The summed E-state index contributed by atoms with van der Waals surface area (Å²) in [4.78, 5) is 3.84. The zero-order chi connectivity index (χ0) is 9.84. The van der Waals surface area contributed by atoms with Gasteiger partial charge in [0.15, 0.2) is 5.96 Å². The van der Waals surface area contributed by atoms with Gasteiger partial charge >= 0.3 is 0 Å². The molecule has 5 heteroatoms. The van der Waals surface area contributed by atoms with Crippen LogP contribution in [0, 0.1) is 12.7 Å². The van der Waals surface area contributed by atoms with Gasteiger partial charge in [0.25, 0.3) is 0 Å². The predicted octanol–water partition coefficient (Wildman–Crippen LogP) is 1.33. The number of halogens is 2. The Kier molecular flexibility index (Phi) is 4.94. The maximum atomic E-state index is 12.7. The van der Waals surface area contributed by atoms with Crippen LogP contribution in [0.25, 0.3) is 0 Å². The molecule has 1 rings (SSSR count). The molecule has 0 unspecified atom stereocenters. The van der Waals surface area contributed by atoms with Crippen LogP contribution in [0.5, 0.6) is 0 Å². The second kappa shape index (κ2) is 5.44.